The Morgan fingerprint density at radius 2 is 2.11 bits per heavy atom. The lowest BCUT2D eigenvalue weighted by Crippen LogP contribution is -2.22. The Morgan fingerprint density at radius 1 is 1.32 bits per heavy atom. The zero-order chi connectivity index (χ0) is 20.3. The van der Waals surface area contributed by atoms with Gasteiger partial charge in [-0.3, -0.25) is 9.78 Å². The molecule has 8 heteroatoms. The molecule has 0 fully saturated rings. The van der Waals surface area contributed by atoms with Crippen LogP contribution < -0.4 is 5.56 Å². The standard InChI is InChI=1S/C20H25ClN4O2S/c1-13(2)9-17-16-12-25(11-15-6-5-14(21)10-22-15)20(28-8-4-7-26)18(16)19(27)24(3)23-17/h5-6,10,12-13,26H,4,7-9,11H2,1-3H3. The number of halogens is 1. The van der Waals surface area contributed by atoms with Crippen molar-refractivity contribution < 1.29 is 5.11 Å². The molecule has 0 atom stereocenters. The molecule has 0 spiro atoms. The zero-order valence-corrected chi connectivity index (χ0v) is 17.9. The average Bonchev–Trinajstić information content (AvgIpc) is 3.00. The lowest BCUT2D eigenvalue weighted by molar-refractivity contribution is 0.296. The van der Waals surface area contributed by atoms with Crippen molar-refractivity contribution in [3.05, 3.63) is 51.3 Å². The molecule has 0 saturated carbocycles. The normalized spacial score (nSPS) is 11.6. The third kappa shape index (κ3) is 4.59. The molecule has 0 aliphatic heterocycles. The highest BCUT2D eigenvalue weighted by molar-refractivity contribution is 7.99. The van der Waals surface area contributed by atoms with E-state index in [0.29, 0.717) is 29.3 Å². The molecule has 3 heterocycles. The van der Waals surface area contributed by atoms with Crippen LogP contribution >= 0.6 is 23.4 Å². The number of rotatable bonds is 8. The van der Waals surface area contributed by atoms with Crippen molar-refractivity contribution in [1.82, 2.24) is 19.3 Å². The number of aromatic nitrogens is 4. The van der Waals surface area contributed by atoms with Crippen LogP contribution in [-0.4, -0.2) is 36.8 Å². The Kier molecular flexibility index (Phi) is 6.80. The molecular weight excluding hydrogens is 396 g/mol. The van der Waals surface area contributed by atoms with E-state index in [1.54, 1.807) is 25.0 Å². The summed E-state index contributed by atoms with van der Waals surface area (Å²) in [6.45, 7) is 4.95. The number of hydrogen-bond donors (Lipinski definition) is 1. The van der Waals surface area contributed by atoms with Gasteiger partial charge in [0.1, 0.15) is 0 Å². The molecule has 150 valence electrons. The molecule has 0 unspecified atom stereocenters. The molecule has 0 saturated heterocycles. The number of hydrogen-bond acceptors (Lipinski definition) is 5. The average molecular weight is 421 g/mol. The topological polar surface area (TPSA) is 72.9 Å². The van der Waals surface area contributed by atoms with Gasteiger partial charge in [0.15, 0.2) is 0 Å². The molecule has 1 N–H and O–H groups in total. The van der Waals surface area contributed by atoms with E-state index in [4.69, 9.17) is 16.7 Å². The SMILES string of the molecule is CC(C)Cc1nn(C)c(=O)c2c(SCCCO)n(Cc3ccc(Cl)cn3)cc12. The van der Waals surface area contributed by atoms with E-state index in [1.807, 2.05) is 18.3 Å². The summed E-state index contributed by atoms with van der Waals surface area (Å²) in [5.41, 5.74) is 1.69. The number of fused-ring (bicyclic) bond motifs is 1. The molecule has 3 rings (SSSR count). The fraction of sp³-hybridized carbons (Fsp3) is 0.450. The number of aliphatic hydroxyl groups is 1. The van der Waals surface area contributed by atoms with E-state index in [-0.39, 0.29) is 12.2 Å². The van der Waals surface area contributed by atoms with E-state index in [1.165, 1.54) is 4.68 Å². The number of aliphatic hydroxyl groups excluding tert-OH is 1. The first kappa shape index (κ1) is 20.9. The number of pyridine rings is 1. The van der Waals surface area contributed by atoms with Gasteiger partial charge in [-0.1, -0.05) is 25.4 Å². The number of nitrogens with zero attached hydrogens (tertiary/aromatic N) is 4. The summed E-state index contributed by atoms with van der Waals surface area (Å²) in [5.74, 6) is 1.16. The minimum Gasteiger partial charge on any atom is -0.396 e. The van der Waals surface area contributed by atoms with Crippen molar-refractivity contribution in [3.63, 3.8) is 0 Å². The van der Waals surface area contributed by atoms with Crippen LogP contribution in [0.5, 0.6) is 0 Å². The first-order valence-electron chi connectivity index (χ1n) is 9.33. The molecule has 0 radical (unpaired) electrons. The second-order valence-electron chi connectivity index (χ2n) is 7.22. The van der Waals surface area contributed by atoms with Gasteiger partial charge in [0.05, 0.1) is 33.4 Å². The molecule has 6 nitrogen and oxygen atoms in total. The second kappa shape index (κ2) is 9.11. The molecule has 0 aliphatic rings. The van der Waals surface area contributed by atoms with Crippen molar-refractivity contribution in [2.24, 2.45) is 13.0 Å². The summed E-state index contributed by atoms with van der Waals surface area (Å²) < 4.78 is 3.50. The smallest absolute Gasteiger partial charge is 0.277 e. The molecule has 3 aromatic heterocycles. The molecule has 0 aromatic carbocycles. The van der Waals surface area contributed by atoms with Crippen LogP contribution in [0.15, 0.2) is 34.3 Å². The second-order valence-corrected chi connectivity index (χ2v) is 8.74. The lowest BCUT2D eigenvalue weighted by Gasteiger charge is -2.09. The fourth-order valence-electron chi connectivity index (χ4n) is 3.12. The van der Waals surface area contributed by atoms with Gasteiger partial charge in [0.25, 0.3) is 5.56 Å². The summed E-state index contributed by atoms with van der Waals surface area (Å²) in [7, 11) is 1.70. The van der Waals surface area contributed by atoms with Gasteiger partial charge in [-0.15, -0.1) is 11.8 Å². The molecule has 28 heavy (non-hydrogen) atoms. The Bertz CT molecular complexity index is 1010. The third-order valence-electron chi connectivity index (χ3n) is 4.38. The first-order chi connectivity index (χ1) is 13.4. The molecule has 0 bridgehead atoms. The van der Waals surface area contributed by atoms with Gasteiger partial charge < -0.3 is 9.67 Å². The van der Waals surface area contributed by atoms with Crippen molar-refractivity contribution in [3.8, 4) is 0 Å². The Balaban J connectivity index is 2.14. The highest BCUT2D eigenvalue weighted by Gasteiger charge is 2.19. The van der Waals surface area contributed by atoms with Crippen molar-refractivity contribution >= 4 is 34.1 Å². The van der Waals surface area contributed by atoms with Crippen LogP contribution in [0.1, 0.15) is 31.7 Å². The maximum atomic E-state index is 12.9. The van der Waals surface area contributed by atoms with Gasteiger partial charge in [-0.2, -0.15) is 5.10 Å². The Hall–Kier alpha value is -1.83. The van der Waals surface area contributed by atoms with Crippen molar-refractivity contribution in [2.45, 2.75) is 38.3 Å². The minimum atomic E-state index is -0.100. The summed E-state index contributed by atoms with van der Waals surface area (Å²) in [4.78, 5) is 17.3. The summed E-state index contributed by atoms with van der Waals surface area (Å²) in [6, 6.07) is 3.71. The summed E-state index contributed by atoms with van der Waals surface area (Å²) >= 11 is 7.54. The highest BCUT2D eigenvalue weighted by Crippen LogP contribution is 2.31. The molecule has 0 aliphatic carbocycles. The van der Waals surface area contributed by atoms with Crippen LogP contribution in [-0.2, 0) is 20.0 Å². The van der Waals surface area contributed by atoms with Crippen LogP contribution in [0.2, 0.25) is 5.02 Å². The predicted octanol–water partition coefficient (Wildman–Crippen LogP) is 3.50. The first-order valence-corrected chi connectivity index (χ1v) is 10.7. The van der Waals surface area contributed by atoms with Gasteiger partial charge >= 0.3 is 0 Å². The van der Waals surface area contributed by atoms with E-state index in [0.717, 1.165) is 34.0 Å². The summed E-state index contributed by atoms with van der Waals surface area (Å²) in [5, 5.41) is 16.8. The zero-order valence-electron chi connectivity index (χ0n) is 16.4. The van der Waals surface area contributed by atoms with Gasteiger partial charge in [0.2, 0.25) is 0 Å². The van der Waals surface area contributed by atoms with E-state index >= 15 is 0 Å². The summed E-state index contributed by atoms with van der Waals surface area (Å²) in [6.07, 6.45) is 5.11. The highest BCUT2D eigenvalue weighted by atomic mass is 35.5. The minimum absolute atomic E-state index is 0.100. The number of aryl methyl sites for hydroxylation is 1. The predicted molar refractivity (Wildman–Crippen MR) is 114 cm³/mol. The van der Waals surface area contributed by atoms with Gasteiger partial charge in [-0.05, 0) is 30.9 Å². The van der Waals surface area contributed by atoms with Gasteiger partial charge in [0, 0.05) is 37.2 Å². The van der Waals surface area contributed by atoms with E-state index in [2.05, 4.69) is 28.5 Å². The molecular formula is C20H25ClN4O2S. The Morgan fingerprint density at radius 3 is 2.75 bits per heavy atom. The number of thioether (sulfide) groups is 1. The van der Waals surface area contributed by atoms with E-state index < -0.39 is 0 Å². The van der Waals surface area contributed by atoms with Crippen LogP contribution in [0.25, 0.3) is 10.8 Å². The van der Waals surface area contributed by atoms with Gasteiger partial charge in [-0.25, -0.2) is 4.68 Å². The van der Waals surface area contributed by atoms with Crippen LogP contribution in [0.3, 0.4) is 0 Å². The molecule has 0 amide bonds. The lowest BCUT2D eigenvalue weighted by atomic mass is 10.1. The van der Waals surface area contributed by atoms with E-state index in [9.17, 15) is 4.79 Å². The monoisotopic (exact) mass is 420 g/mol. The van der Waals surface area contributed by atoms with Crippen LogP contribution in [0, 0.1) is 5.92 Å². The maximum Gasteiger partial charge on any atom is 0.277 e. The Labute approximate surface area is 173 Å². The van der Waals surface area contributed by atoms with Crippen molar-refractivity contribution in [1.29, 1.82) is 0 Å². The largest absolute Gasteiger partial charge is 0.396 e. The molecule has 3 aromatic rings. The fourth-order valence-corrected chi connectivity index (χ4v) is 4.33. The van der Waals surface area contributed by atoms with Crippen molar-refractivity contribution in [2.75, 3.05) is 12.4 Å². The quantitative estimate of drug-likeness (QED) is 0.446. The van der Waals surface area contributed by atoms with Crippen LogP contribution in [0.4, 0.5) is 0 Å². The third-order valence-corrected chi connectivity index (χ3v) is 5.81. The maximum absolute atomic E-state index is 12.9.